The highest BCUT2D eigenvalue weighted by molar-refractivity contribution is 7.89. The molecule has 2 amide bonds. The van der Waals surface area contributed by atoms with Gasteiger partial charge in [0.05, 0.1) is 24.7 Å². The van der Waals surface area contributed by atoms with Crippen molar-refractivity contribution in [2.45, 2.75) is 30.8 Å². The van der Waals surface area contributed by atoms with Crippen molar-refractivity contribution in [1.29, 1.82) is 0 Å². The average Bonchev–Trinajstić information content (AvgIpc) is 3.39. The highest BCUT2D eigenvalue weighted by Crippen LogP contribution is 2.35. The van der Waals surface area contributed by atoms with Crippen molar-refractivity contribution in [2.75, 3.05) is 31.2 Å². The molecule has 2 aliphatic rings. The van der Waals surface area contributed by atoms with Gasteiger partial charge in [0.1, 0.15) is 6.04 Å². The van der Waals surface area contributed by atoms with Crippen molar-refractivity contribution >= 4 is 38.9 Å². The zero-order chi connectivity index (χ0) is 21.3. The molecule has 1 fully saturated rings. The number of amides is 2. The van der Waals surface area contributed by atoms with E-state index in [0.29, 0.717) is 44.1 Å². The first-order valence-corrected chi connectivity index (χ1v) is 12.0. The number of hydrogen-bond donors (Lipinski definition) is 1. The van der Waals surface area contributed by atoms with Crippen molar-refractivity contribution < 1.29 is 22.7 Å². The van der Waals surface area contributed by atoms with Crippen LogP contribution in [0.3, 0.4) is 0 Å². The minimum Gasteiger partial charge on any atom is -0.379 e. The molecule has 0 spiro atoms. The predicted molar refractivity (Wildman–Crippen MR) is 113 cm³/mol. The van der Waals surface area contributed by atoms with Crippen LogP contribution in [-0.2, 0) is 37.3 Å². The minimum atomic E-state index is -3.65. The summed E-state index contributed by atoms with van der Waals surface area (Å²) < 4.78 is 32.6. The first kappa shape index (κ1) is 21.0. The van der Waals surface area contributed by atoms with Crippen LogP contribution in [0.2, 0.25) is 0 Å². The Morgan fingerprint density at radius 2 is 2.00 bits per heavy atom. The van der Waals surface area contributed by atoms with Crippen LogP contribution < -0.4 is 10.2 Å². The van der Waals surface area contributed by atoms with E-state index in [-0.39, 0.29) is 23.1 Å². The van der Waals surface area contributed by atoms with E-state index in [1.165, 1.54) is 22.2 Å². The summed E-state index contributed by atoms with van der Waals surface area (Å²) in [5.74, 6) is -0.513. The molecule has 1 saturated heterocycles. The maximum Gasteiger partial charge on any atom is 0.243 e. The van der Waals surface area contributed by atoms with Crippen molar-refractivity contribution in [3.63, 3.8) is 0 Å². The fourth-order valence-electron chi connectivity index (χ4n) is 3.83. The van der Waals surface area contributed by atoms with Gasteiger partial charge < -0.3 is 10.1 Å². The number of rotatable bonds is 5. The minimum absolute atomic E-state index is 0.172. The van der Waals surface area contributed by atoms with Crippen LogP contribution in [0, 0.1) is 0 Å². The number of nitrogens with zero attached hydrogens (tertiary/aromatic N) is 2. The molecule has 0 bridgehead atoms. The van der Waals surface area contributed by atoms with Gasteiger partial charge in [0.25, 0.3) is 0 Å². The van der Waals surface area contributed by atoms with E-state index in [1.807, 2.05) is 17.5 Å². The molecule has 2 aromatic rings. The highest BCUT2D eigenvalue weighted by Gasteiger charge is 2.38. The number of anilines is 1. The van der Waals surface area contributed by atoms with Crippen LogP contribution >= 0.6 is 11.3 Å². The van der Waals surface area contributed by atoms with E-state index in [0.717, 1.165) is 4.88 Å². The second-order valence-electron chi connectivity index (χ2n) is 7.21. The Balaban J connectivity index is 1.57. The van der Waals surface area contributed by atoms with Gasteiger partial charge in [-0.2, -0.15) is 4.31 Å². The van der Waals surface area contributed by atoms with Crippen molar-refractivity contribution in [1.82, 2.24) is 9.62 Å². The molecule has 8 nitrogen and oxygen atoms in total. The van der Waals surface area contributed by atoms with Gasteiger partial charge in [0.15, 0.2) is 0 Å². The third kappa shape index (κ3) is 4.00. The summed E-state index contributed by atoms with van der Waals surface area (Å²) in [4.78, 5) is 27.7. The monoisotopic (exact) mass is 449 g/mol. The topological polar surface area (TPSA) is 96.0 Å². The summed E-state index contributed by atoms with van der Waals surface area (Å²) >= 11 is 1.54. The summed E-state index contributed by atoms with van der Waals surface area (Å²) in [6.45, 7) is 3.17. The second-order valence-corrected chi connectivity index (χ2v) is 10.2. The molecule has 1 aromatic heterocycles. The van der Waals surface area contributed by atoms with Gasteiger partial charge in [-0.15, -0.1) is 11.3 Å². The van der Waals surface area contributed by atoms with Crippen LogP contribution in [0.15, 0.2) is 40.6 Å². The lowest BCUT2D eigenvalue weighted by Gasteiger charge is -2.26. The molecule has 160 valence electrons. The number of nitrogens with one attached hydrogen (secondary N) is 1. The third-order valence-corrected chi connectivity index (χ3v) is 8.07. The summed E-state index contributed by atoms with van der Waals surface area (Å²) in [7, 11) is -3.65. The number of morpholine rings is 1. The van der Waals surface area contributed by atoms with Crippen LogP contribution in [0.1, 0.15) is 17.4 Å². The Labute approximate surface area is 179 Å². The molecular weight excluding hydrogens is 426 g/mol. The maximum atomic E-state index is 13.0. The Bertz CT molecular complexity index is 1050. The van der Waals surface area contributed by atoms with Crippen molar-refractivity contribution in [3.05, 3.63) is 46.2 Å². The van der Waals surface area contributed by atoms with E-state index in [4.69, 9.17) is 4.74 Å². The molecule has 1 aromatic carbocycles. The van der Waals surface area contributed by atoms with E-state index < -0.39 is 16.1 Å². The van der Waals surface area contributed by atoms with Crippen LogP contribution in [0.4, 0.5) is 5.69 Å². The summed E-state index contributed by atoms with van der Waals surface area (Å²) in [6.07, 6.45) is 0.275. The number of thiophene rings is 1. The van der Waals surface area contributed by atoms with E-state index in [9.17, 15) is 18.0 Å². The fraction of sp³-hybridized carbons (Fsp3) is 0.400. The number of carbonyl (C=O) groups is 2. The molecule has 0 saturated carbocycles. The normalized spacial score (nSPS) is 19.5. The van der Waals surface area contributed by atoms with Gasteiger partial charge in [-0.05, 0) is 35.2 Å². The van der Waals surface area contributed by atoms with Crippen LogP contribution in [-0.4, -0.2) is 56.9 Å². The number of benzene rings is 1. The average molecular weight is 450 g/mol. The molecule has 3 heterocycles. The van der Waals surface area contributed by atoms with Gasteiger partial charge in [0, 0.05) is 37.0 Å². The SMILES string of the molecule is CC(=O)N1c2ccc(S(=O)(=O)N3CCOCC3)cc2CC1C(=O)NCc1cccs1. The van der Waals surface area contributed by atoms with E-state index >= 15 is 0 Å². The zero-order valence-electron chi connectivity index (χ0n) is 16.5. The number of hydrogen-bond acceptors (Lipinski definition) is 6. The Kier molecular flexibility index (Phi) is 5.92. The molecule has 1 unspecified atom stereocenters. The van der Waals surface area contributed by atoms with Gasteiger partial charge in [-0.1, -0.05) is 6.07 Å². The van der Waals surface area contributed by atoms with Crippen molar-refractivity contribution in [3.8, 4) is 0 Å². The Hall–Kier alpha value is -2.27. The maximum absolute atomic E-state index is 13.0. The summed E-state index contributed by atoms with van der Waals surface area (Å²) in [6, 6.07) is 7.86. The quantitative estimate of drug-likeness (QED) is 0.744. The van der Waals surface area contributed by atoms with Gasteiger partial charge in [-0.3, -0.25) is 14.5 Å². The Morgan fingerprint density at radius 1 is 1.23 bits per heavy atom. The number of fused-ring (bicyclic) bond motifs is 1. The van der Waals surface area contributed by atoms with E-state index in [1.54, 1.807) is 23.5 Å². The van der Waals surface area contributed by atoms with Gasteiger partial charge in [0.2, 0.25) is 21.8 Å². The van der Waals surface area contributed by atoms with E-state index in [2.05, 4.69) is 5.32 Å². The summed E-state index contributed by atoms with van der Waals surface area (Å²) in [5, 5.41) is 4.82. The number of carbonyl (C=O) groups excluding carboxylic acids is 2. The molecule has 4 rings (SSSR count). The second kappa shape index (κ2) is 8.46. The first-order chi connectivity index (χ1) is 14.4. The Morgan fingerprint density at radius 3 is 2.67 bits per heavy atom. The fourth-order valence-corrected chi connectivity index (χ4v) is 5.93. The van der Waals surface area contributed by atoms with Crippen LogP contribution in [0.25, 0.3) is 0 Å². The van der Waals surface area contributed by atoms with Crippen LogP contribution in [0.5, 0.6) is 0 Å². The molecule has 1 N–H and O–H groups in total. The molecule has 30 heavy (non-hydrogen) atoms. The number of sulfonamides is 1. The lowest BCUT2D eigenvalue weighted by Crippen LogP contribution is -2.47. The summed E-state index contributed by atoms with van der Waals surface area (Å²) in [5.41, 5.74) is 1.26. The largest absolute Gasteiger partial charge is 0.379 e. The molecule has 0 aliphatic carbocycles. The zero-order valence-corrected chi connectivity index (χ0v) is 18.2. The highest BCUT2D eigenvalue weighted by atomic mass is 32.2. The van der Waals surface area contributed by atoms with Gasteiger partial charge in [-0.25, -0.2) is 8.42 Å². The third-order valence-electron chi connectivity index (χ3n) is 5.30. The van der Waals surface area contributed by atoms with Gasteiger partial charge >= 0.3 is 0 Å². The lowest BCUT2D eigenvalue weighted by atomic mass is 10.1. The molecular formula is C20H23N3O5S2. The molecule has 0 radical (unpaired) electrons. The predicted octanol–water partition coefficient (Wildman–Crippen LogP) is 1.36. The molecule has 1 atom stereocenters. The lowest BCUT2D eigenvalue weighted by molar-refractivity contribution is -0.125. The molecule has 2 aliphatic heterocycles. The standard InChI is InChI=1S/C20H23N3O5S2/c1-14(24)23-18-5-4-17(30(26,27)22-6-8-28-9-7-22)11-15(18)12-19(23)20(25)21-13-16-3-2-10-29-16/h2-5,10-11,19H,6-9,12-13H2,1H3,(H,21,25). The van der Waals surface area contributed by atoms with Crippen molar-refractivity contribution in [2.24, 2.45) is 0 Å². The molecule has 10 heteroatoms. The first-order valence-electron chi connectivity index (χ1n) is 9.68. The number of ether oxygens (including phenoxy) is 1. The smallest absolute Gasteiger partial charge is 0.243 e.